The maximum atomic E-state index is 12.0. The number of ketones is 1. The minimum absolute atomic E-state index is 0.123. The molecule has 4 nitrogen and oxygen atoms in total. The number of carbonyl (C=O) groups is 1. The molecule has 0 saturated heterocycles. The molecule has 1 aliphatic carbocycles. The highest BCUT2D eigenvalue weighted by Gasteiger charge is 2.26. The number of aliphatic hydroxyl groups excluding tert-OH is 1. The average Bonchev–Trinajstić information content (AvgIpc) is 2.68. The van der Waals surface area contributed by atoms with Crippen LogP contribution in [0.15, 0.2) is 36.2 Å². The Hall–Kier alpha value is -2.10. The van der Waals surface area contributed by atoms with E-state index in [1.54, 1.807) is 4.40 Å². The highest BCUT2D eigenvalue weighted by molar-refractivity contribution is 6.09. The van der Waals surface area contributed by atoms with Gasteiger partial charge in [0.25, 0.3) is 0 Å². The maximum absolute atomic E-state index is 12.0. The fraction of sp³-hybridized carbons (Fsp3) is 0.167. The molecule has 16 heavy (non-hydrogen) atoms. The molecule has 0 atom stereocenters. The lowest BCUT2D eigenvalue weighted by molar-refractivity contribution is 0.101. The van der Waals surface area contributed by atoms with Crippen LogP contribution in [0.3, 0.4) is 0 Å². The molecule has 0 aliphatic heterocycles. The molecule has 3 rings (SSSR count). The smallest absolute Gasteiger partial charge is 0.210 e. The largest absolute Gasteiger partial charge is 0.515 e. The number of rotatable bonds is 0. The van der Waals surface area contributed by atoms with E-state index in [2.05, 4.69) is 4.98 Å². The van der Waals surface area contributed by atoms with Crippen molar-refractivity contribution in [3.05, 3.63) is 47.6 Å². The monoisotopic (exact) mass is 214 g/mol. The Bertz CT molecular complexity index is 611. The van der Waals surface area contributed by atoms with Crippen molar-refractivity contribution in [2.75, 3.05) is 0 Å². The van der Waals surface area contributed by atoms with Gasteiger partial charge in [-0.05, 0) is 25.0 Å². The molecule has 1 aliphatic rings. The highest BCUT2D eigenvalue weighted by Crippen LogP contribution is 2.25. The second kappa shape index (κ2) is 3.20. The standard InChI is InChI=1S/C12H10N2O2/c15-7-8-4-5-9-11(12(8)16)14-6-2-1-3-10(14)13-9/h1-3,6-7,15H,4-5H2/b8-7+. The summed E-state index contributed by atoms with van der Waals surface area (Å²) < 4.78 is 1.78. The number of imidazole rings is 1. The summed E-state index contributed by atoms with van der Waals surface area (Å²) in [6, 6.07) is 5.62. The first-order valence-corrected chi connectivity index (χ1v) is 5.15. The van der Waals surface area contributed by atoms with E-state index in [1.807, 2.05) is 24.4 Å². The maximum Gasteiger partial charge on any atom is 0.210 e. The van der Waals surface area contributed by atoms with Crippen LogP contribution in [0.1, 0.15) is 22.6 Å². The zero-order valence-electron chi connectivity index (χ0n) is 8.55. The molecule has 4 heteroatoms. The Kier molecular flexibility index (Phi) is 1.83. The summed E-state index contributed by atoms with van der Waals surface area (Å²) in [4.78, 5) is 16.4. The quantitative estimate of drug-likeness (QED) is 0.538. The lowest BCUT2D eigenvalue weighted by atomic mass is 9.95. The van der Waals surface area contributed by atoms with Crippen LogP contribution >= 0.6 is 0 Å². The molecule has 0 bridgehead atoms. The average molecular weight is 214 g/mol. The summed E-state index contributed by atoms with van der Waals surface area (Å²) in [6.45, 7) is 0. The molecule has 2 aromatic heterocycles. The lowest BCUT2D eigenvalue weighted by Gasteiger charge is -2.11. The van der Waals surface area contributed by atoms with Gasteiger partial charge in [-0.3, -0.25) is 9.20 Å². The minimum Gasteiger partial charge on any atom is -0.515 e. The van der Waals surface area contributed by atoms with Crippen LogP contribution in [0.5, 0.6) is 0 Å². The fourth-order valence-corrected chi connectivity index (χ4v) is 2.10. The van der Waals surface area contributed by atoms with Gasteiger partial charge in [0.1, 0.15) is 11.3 Å². The Morgan fingerprint density at radius 3 is 3.06 bits per heavy atom. The Labute approximate surface area is 91.9 Å². The first-order chi connectivity index (χ1) is 7.81. The van der Waals surface area contributed by atoms with Crippen molar-refractivity contribution in [2.24, 2.45) is 0 Å². The van der Waals surface area contributed by atoms with E-state index in [0.717, 1.165) is 17.6 Å². The number of Topliss-reactive ketones (excluding diaryl/α,β-unsaturated/α-hetero) is 1. The van der Waals surface area contributed by atoms with E-state index >= 15 is 0 Å². The van der Waals surface area contributed by atoms with Crippen LogP contribution in [-0.2, 0) is 6.42 Å². The van der Waals surface area contributed by atoms with Crippen LogP contribution in [-0.4, -0.2) is 20.3 Å². The second-order valence-electron chi connectivity index (χ2n) is 3.82. The van der Waals surface area contributed by atoms with Crippen LogP contribution < -0.4 is 0 Å². The number of nitrogens with zero attached hydrogens (tertiary/aromatic N) is 2. The molecule has 80 valence electrons. The Morgan fingerprint density at radius 1 is 1.38 bits per heavy atom. The van der Waals surface area contributed by atoms with Gasteiger partial charge >= 0.3 is 0 Å². The van der Waals surface area contributed by atoms with Crippen molar-refractivity contribution in [2.45, 2.75) is 12.8 Å². The van der Waals surface area contributed by atoms with E-state index in [-0.39, 0.29) is 5.78 Å². The molecular weight excluding hydrogens is 204 g/mol. The normalized spacial score (nSPS) is 18.0. The molecule has 0 unspecified atom stereocenters. The van der Waals surface area contributed by atoms with Crippen molar-refractivity contribution in [3.63, 3.8) is 0 Å². The topological polar surface area (TPSA) is 54.6 Å². The van der Waals surface area contributed by atoms with Crippen LogP contribution in [0.25, 0.3) is 5.65 Å². The van der Waals surface area contributed by atoms with Crippen molar-refractivity contribution in [1.82, 2.24) is 9.38 Å². The summed E-state index contributed by atoms with van der Waals surface area (Å²) in [7, 11) is 0. The minimum atomic E-state index is -0.123. The van der Waals surface area contributed by atoms with Gasteiger partial charge in [-0.1, -0.05) is 6.07 Å². The van der Waals surface area contributed by atoms with Crippen LogP contribution in [0, 0.1) is 0 Å². The van der Waals surface area contributed by atoms with E-state index < -0.39 is 0 Å². The van der Waals surface area contributed by atoms with Crippen molar-refractivity contribution in [3.8, 4) is 0 Å². The summed E-state index contributed by atoms with van der Waals surface area (Å²) in [5.41, 5.74) is 2.64. The first-order valence-electron chi connectivity index (χ1n) is 5.15. The first kappa shape index (κ1) is 9.15. The molecule has 0 amide bonds. The third-order valence-electron chi connectivity index (χ3n) is 2.90. The fourth-order valence-electron chi connectivity index (χ4n) is 2.10. The van der Waals surface area contributed by atoms with Crippen LogP contribution in [0.4, 0.5) is 0 Å². The van der Waals surface area contributed by atoms with E-state index in [4.69, 9.17) is 5.11 Å². The third kappa shape index (κ3) is 1.10. The van der Waals surface area contributed by atoms with Crippen molar-refractivity contribution < 1.29 is 9.90 Å². The predicted octanol–water partition coefficient (Wildman–Crippen LogP) is 1.91. The van der Waals surface area contributed by atoms with Gasteiger partial charge < -0.3 is 5.11 Å². The second-order valence-corrected chi connectivity index (χ2v) is 3.82. The predicted molar refractivity (Wildman–Crippen MR) is 58.6 cm³/mol. The summed E-state index contributed by atoms with van der Waals surface area (Å²) in [5, 5.41) is 8.98. The SMILES string of the molecule is O=C1/C(=C/O)CCc2nc3ccccn3c21. The van der Waals surface area contributed by atoms with E-state index in [9.17, 15) is 4.79 Å². The number of pyridine rings is 1. The highest BCUT2D eigenvalue weighted by atomic mass is 16.2. The lowest BCUT2D eigenvalue weighted by Crippen LogP contribution is -2.15. The zero-order valence-corrected chi connectivity index (χ0v) is 8.55. The van der Waals surface area contributed by atoms with Gasteiger partial charge in [0.05, 0.1) is 12.0 Å². The molecule has 0 fully saturated rings. The van der Waals surface area contributed by atoms with Gasteiger partial charge in [-0.2, -0.15) is 0 Å². The van der Waals surface area contributed by atoms with Gasteiger partial charge in [0.15, 0.2) is 0 Å². The number of hydrogen-bond acceptors (Lipinski definition) is 3. The van der Waals surface area contributed by atoms with Crippen molar-refractivity contribution in [1.29, 1.82) is 0 Å². The summed E-state index contributed by atoms with van der Waals surface area (Å²) in [6.07, 6.45) is 3.99. The number of aliphatic hydroxyl groups is 1. The molecule has 0 spiro atoms. The van der Waals surface area contributed by atoms with Gasteiger partial charge in [0.2, 0.25) is 5.78 Å². The molecule has 0 radical (unpaired) electrons. The summed E-state index contributed by atoms with van der Waals surface area (Å²) >= 11 is 0. The molecule has 2 heterocycles. The molecule has 0 aromatic carbocycles. The number of hydrogen-bond donors (Lipinski definition) is 1. The van der Waals surface area contributed by atoms with Crippen LogP contribution in [0.2, 0.25) is 0 Å². The molecule has 0 saturated carbocycles. The molecule has 2 aromatic rings. The summed E-state index contributed by atoms with van der Waals surface area (Å²) in [5.74, 6) is -0.123. The Balaban J connectivity index is 2.32. The van der Waals surface area contributed by atoms with E-state index in [1.165, 1.54) is 0 Å². The Morgan fingerprint density at radius 2 is 2.25 bits per heavy atom. The van der Waals surface area contributed by atoms with Crippen molar-refractivity contribution >= 4 is 11.4 Å². The number of aryl methyl sites for hydroxylation is 1. The van der Waals surface area contributed by atoms with Gasteiger partial charge in [0, 0.05) is 11.8 Å². The zero-order chi connectivity index (χ0) is 11.1. The van der Waals surface area contributed by atoms with E-state index in [0.29, 0.717) is 24.1 Å². The van der Waals surface area contributed by atoms with Gasteiger partial charge in [-0.25, -0.2) is 4.98 Å². The van der Waals surface area contributed by atoms with Gasteiger partial charge in [-0.15, -0.1) is 0 Å². The number of carbonyl (C=O) groups excluding carboxylic acids is 1. The number of aromatic nitrogens is 2. The number of fused-ring (bicyclic) bond motifs is 3. The molecule has 1 N–H and O–H groups in total. The number of allylic oxidation sites excluding steroid dienone is 1. The molecular formula is C12H10N2O2. The third-order valence-corrected chi connectivity index (χ3v) is 2.90.